The molecule has 2 heterocycles. The number of hydrogen-bond acceptors (Lipinski definition) is 6. The van der Waals surface area contributed by atoms with Gasteiger partial charge in [0.05, 0.1) is 12.7 Å². The quantitative estimate of drug-likeness (QED) is 0.359. The van der Waals surface area contributed by atoms with Crippen molar-refractivity contribution in [2.75, 3.05) is 7.11 Å². The van der Waals surface area contributed by atoms with E-state index in [4.69, 9.17) is 14.2 Å². The van der Waals surface area contributed by atoms with Crippen molar-refractivity contribution in [1.82, 2.24) is 0 Å². The molecule has 4 rings (SSSR count). The predicted octanol–water partition coefficient (Wildman–Crippen LogP) is 4.90. The molecule has 0 fully saturated rings. The van der Waals surface area contributed by atoms with Crippen LogP contribution in [0.4, 0.5) is 0 Å². The van der Waals surface area contributed by atoms with Gasteiger partial charge in [-0.2, -0.15) is 0 Å². The second-order valence-electron chi connectivity index (χ2n) is 6.11. The van der Waals surface area contributed by atoms with Crippen molar-refractivity contribution in [3.63, 3.8) is 0 Å². The number of carbonyl (C=O) groups is 2. The number of hydrogen-bond donors (Lipinski definition) is 0. The van der Waals surface area contributed by atoms with Crippen molar-refractivity contribution in [2.24, 2.45) is 0 Å². The van der Waals surface area contributed by atoms with E-state index in [1.165, 1.54) is 18.4 Å². The molecule has 140 valence electrons. The van der Waals surface area contributed by atoms with Crippen LogP contribution in [0.1, 0.15) is 31.2 Å². The van der Waals surface area contributed by atoms with Gasteiger partial charge in [-0.15, -0.1) is 11.3 Å². The lowest BCUT2D eigenvalue weighted by Gasteiger charge is -2.11. The van der Waals surface area contributed by atoms with Gasteiger partial charge in [0.25, 0.3) is 0 Å². The van der Waals surface area contributed by atoms with Crippen molar-refractivity contribution in [1.29, 1.82) is 0 Å². The van der Waals surface area contributed by atoms with Crippen LogP contribution < -0.4 is 14.2 Å². The number of esters is 1. The molecule has 2 aromatic carbocycles. The molecule has 0 saturated heterocycles. The first-order valence-electron chi connectivity index (χ1n) is 8.55. The maximum absolute atomic E-state index is 12.6. The Balaban J connectivity index is 1.63. The van der Waals surface area contributed by atoms with Crippen molar-refractivity contribution in [3.8, 4) is 17.2 Å². The third kappa shape index (κ3) is 3.18. The average molecular weight is 392 g/mol. The van der Waals surface area contributed by atoms with E-state index in [0.717, 1.165) is 4.88 Å². The SMILES string of the molecule is COc1ccccc1C(=O)Oc1ccc2c(c1C)O/C(=C\c1cccs1)C2=O. The number of benzene rings is 2. The molecular formula is C22H16O5S. The number of allylic oxidation sites excluding steroid dienone is 1. The van der Waals surface area contributed by atoms with Crippen molar-refractivity contribution < 1.29 is 23.8 Å². The predicted molar refractivity (Wildman–Crippen MR) is 106 cm³/mol. The molecule has 0 amide bonds. The largest absolute Gasteiger partial charge is 0.496 e. The van der Waals surface area contributed by atoms with Crippen LogP contribution in [0.5, 0.6) is 17.2 Å². The summed E-state index contributed by atoms with van der Waals surface area (Å²) in [4.78, 5) is 26.1. The monoisotopic (exact) mass is 392 g/mol. The zero-order chi connectivity index (χ0) is 19.7. The molecule has 0 saturated carbocycles. The number of ketones is 1. The lowest BCUT2D eigenvalue weighted by Crippen LogP contribution is -2.11. The Morgan fingerprint density at radius 1 is 1.07 bits per heavy atom. The van der Waals surface area contributed by atoms with Crippen LogP contribution in [0.2, 0.25) is 0 Å². The summed E-state index contributed by atoms with van der Waals surface area (Å²) in [6.07, 6.45) is 1.72. The average Bonchev–Trinajstić information content (AvgIpc) is 3.33. The van der Waals surface area contributed by atoms with Gasteiger partial charge in [-0.05, 0) is 42.6 Å². The summed E-state index contributed by atoms with van der Waals surface area (Å²) < 4.78 is 16.6. The molecule has 28 heavy (non-hydrogen) atoms. The Labute approximate surface area is 165 Å². The molecule has 5 nitrogen and oxygen atoms in total. The summed E-state index contributed by atoms with van der Waals surface area (Å²) >= 11 is 1.52. The lowest BCUT2D eigenvalue weighted by molar-refractivity contribution is 0.0729. The molecule has 6 heteroatoms. The second-order valence-corrected chi connectivity index (χ2v) is 7.09. The summed E-state index contributed by atoms with van der Waals surface area (Å²) in [6.45, 7) is 1.75. The minimum atomic E-state index is -0.542. The number of carbonyl (C=O) groups excluding carboxylic acids is 2. The zero-order valence-corrected chi connectivity index (χ0v) is 16.0. The van der Waals surface area contributed by atoms with Crippen LogP contribution in [0.25, 0.3) is 6.08 Å². The third-order valence-corrected chi connectivity index (χ3v) is 5.20. The fourth-order valence-corrected chi connectivity index (χ4v) is 3.60. The first kappa shape index (κ1) is 18.0. The Morgan fingerprint density at radius 3 is 2.64 bits per heavy atom. The summed E-state index contributed by atoms with van der Waals surface area (Å²) in [5.41, 5.74) is 1.36. The summed E-state index contributed by atoms with van der Waals surface area (Å²) in [5.74, 6) is 0.707. The van der Waals surface area contributed by atoms with Crippen LogP contribution in [-0.4, -0.2) is 18.9 Å². The fourth-order valence-electron chi connectivity index (χ4n) is 2.95. The highest BCUT2D eigenvalue weighted by molar-refractivity contribution is 7.10. The number of Topliss-reactive ketones (excluding diaryl/α,β-unsaturated/α-hetero) is 1. The standard InChI is InChI=1S/C22H16O5S/c1-13-17(27-22(24)15-7-3-4-8-18(15)25-2)10-9-16-20(23)19(26-21(13)16)12-14-6-5-11-28-14/h3-12H,1-2H3/b19-12-. The van der Waals surface area contributed by atoms with Gasteiger partial charge in [0, 0.05) is 16.5 Å². The fraction of sp³-hybridized carbons (Fsp3) is 0.0909. The van der Waals surface area contributed by atoms with E-state index in [-0.39, 0.29) is 11.5 Å². The number of ether oxygens (including phenoxy) is 3. The van der Waals surface area contributed by atoms with Gasteiger partial charge in [-0.1, -0.05) is 18.2 Å². The van der Waals surface area contributed by atoms with Gasteiger partial charge in [-0.25, -0.2) is 4.79 Å². The molecule has 0 radical (unpaired) electrons. The van der Waals surface area contributed by atoms with E-state index in [9.17, 15) is 9.59 Å². The highest BCUT2D eigenvalue weighted by atomic mass is 32.1. The number of methoxy groups -OCH3 is 1. The minimum Gasteiger partial charge on any atom is -0.496 e. The van der Waals surface area contributed by atoms with E-state index < -0.39 is 5.97 Å². The second kappa shape index (κ2) is 7.32. The van der Waals surface area contributed by atoms with Crippen LogP contribution >= 0.6 is 11.3 Å². The van der Waals surface area contributed by atoms with Crippen molar-refractivity contribution in [2.45, 2.75) is 6.92 Å². The number of fused-ring (bicyclic) bond motifs is 1. The van der Waals surface area contributed by atoms with Gasteiger partial charge in [0.15, 0.2) is 5.76 Å². The van der Waals surface area contributed by atoms with Gasteiger partial charge < -0.3 is 14.2 Å². The van der Waals surface area contributed by atoms with Crippen LogP contribution in [-0.2, 0) is 0 Å². The highest BCUT2D eigenvalue weighted by Crippen LogP contribution is 2.39. The highest BCUT2D eigenvalue weighted by Gasteiger charge is 2.30. The van der Waals surface area contributed by atoms with E-state index in [0.29, 0.717) is 33.9 Å². The summed E-state index contributed by atoms with van der Waals surface area (Å²) in [7, 11) is 1.49. The maximum Gasteiger partial charge on any atom is 0.347 e. The number of para-hydroxylation sites is 1. The maximum atomic E-state index is 12.6. The molecular weight excluding hydrogens is 376 g/mol. The van der Waals surface area contributed by atoms with E-state index >= 15 is 0 Å². The Hall–Kier alpha value is -3.38. The molecule has 0 atom stereocenters. The third-order valence-electron chi connectivity index (χ3n) is 4.38. The molecule has 3 aromatic rings. The van der Waals surface area contributed by atoms with E-state index in [1.807, 2.05) is 17.5 Å². The summed E-state index contributed by atoms with van der Waals surface area (Å²) in [5, 5.41) is 1.93. The normalized spacial score (nSPS) is 13.9. The van der Waals surface area contributed by atoms with Crippen LogP contribution in [0, 0.1) is 6.92 Å². The molecule has 1 aliphatic heterocycles. The zero-order valence-electron chi connectivity index (χ0n) is 15.2. The Bertz CT molecular complexity index is 1100. The van der Waals surface area contributed by atoms with Gasteiger partial charge in [0.2, 0.25) is 5.78 Å². The van der Waals surface area contributed by atoms with Gasteiger partial charge >= 0.3 is 5.97 Å². The smallest absolute Gasteiger partial charge is 0.347 e. The Morgan fingerprint density at radius 2 is 1.89 bits per heavy atom. The van der Waals surface area contributed by atoms with E-state index in [1.54, 1.807) is 49.4 Å². The number of thiophene rings is 1. The molecule has 1 aromatic heterocycles. The molecule has 0 aliphatic carbocycles. The lowest BCUT2D eigenvalue weighted by atomic mass is 10.1. The summed E-state index contributed by atoms with van der Waals surface area (Å²) in [6, 6.07) is 13.9. The Kier molecular flexibility index (Phi) is 4.71. The number of rotatable bonds is 4. The molecule has 0 N–H and O–H groups in total. The van der Waals surface area contributed by atoms with Crippen LogP contribution in [0.15, 0.2) is 59.7 Å². The van der Waals surface area contributed by atoms with Crippen molar-refractivity contribution in [3.05, 3.63) is 81.2 Å². The van der Waals surface area contributed by atoms with E-state index in [2.05, 4.69) is 0 Å². The van der Waals surface area contributed by atoms with Crippen LogP contribution in [0.3, 0.4) is 0 Å². The van der Waals surface area contributed by atoms with Crippen molar-refractivity contribution >= 4 is 29.2 Å². The van der Waals surface area contributed by atoms with Gasteiger partial charge in [0.1, 0.15) is 22.8 Å². The molecule has 1 aliphatic rings. The molecule has 0 bridgehead atoms. The first-order chi connectivity index (χ1) is 13.6. The first-order valence-corrected chi connectivity index (χ1v) is 9.43. The molecule has 0 unspecified atom stereocenters. The topological polar surface area (TPSA) is 61.8 Å². The minimum absolute atomic E-state index is 0.186. The van der Waals surface area contributed by atoms with Gasteiger partial charge in [-0.3, -0.25) is 4.79 Å². The molecule has 0 spiro atoms.